The smallest absolute Gasteiger partial charge is 0.336 e. The van der Waals surface area contributed by atoms with E-state index in [1.54, 1.807) is 18.3 Å². The van der Waals surface area contributed by atoms with Crippen LogP contribution in [0.2, 0.25) is 0 Å². The summed E-state index contributed by atoms with van der Waals surface area (Å²) in [6.07, 6.45) is 1.73. The number of nitrogens with zero attached hydrogens (tertiary/aromatic N) is 1. The third-order valence-electron chi connectivity index (χ3n) is 3.17. The highest BCUT2D eigenvalue weighted by atomic mass is 32.2. The van der Waals surface area contributed by atoms with Crippen LogP contribution in [0.3, 0.4) is 0 Å². The van der Waals surface area contributed by atoms with Gasteiger partial charge in [-0.2, -0.15) is 0 Å². The normalized spacial score (nSPS) is 10.4. The molecule has 3 rings (SSSR count). The Morgan fingerprint density at radius 1 is 0.909 bits per heavy atom. The second-order valence-corrected chi connectivity index (χ2v) is 5.68. The van der Waals surface area contributed by atoms with E-state index in [1.807, 2.05) is 54.6 Å². The van der Waals surface area contributed by atoms with Gasteiger partial charge in [0.1, 0.15) is 5.03 Å². The number of rotatable bonds is 4. The van der Waals surface area contributed by atoms with Gasteiger partial charge in [-0.05, 0) is 29.8 Å². The molecule has 0 radical (unpaired) electrons. The van der Waals surface area contributed by atoms with Gasteiger partial charge in [0.25, 0.3) is 0 Å². The van der Waals surface area contributed by atoms with Crippen molar-refractivity contribution in [2.45, 2.75) is 9.92 Å². The zero-order chi connectivity index (χ0) is 15.4. The van der Waals surface area contributed by atoms with Gasteiger partial charge in [0.15, 0.2) is 0 Å². The lowest BCUT2D eigenvalue weighted by molar-refractivity contribution is 0.0697. The second-order valence-electron chi connectivity index (χ2n) is 4.62. The average Bonchev–Trinajstić information content (AvgIpc) is 2.56. The molecule has 0 unspecified atom stereocenters. The number of hydrogen-bond acceptors (Lipinski definition) is 3. The van der Waals surface area contributed by atoms with Gasteiger partial charge in [-0.1, -0.05) is 54.2 Å². The van der Waals surface area contributed by atoms with Gasteiger partial charge in [-0.3, -0.25) is 0 Å². The number of carboxylic acid groups (broad SMARTS) is 1. The van der Waals surface area contributed by atoms with E-state index in [4.69, 9.17) is 0 Å². The lowest BCUT2D eigenvalue weighted by Crippen LogP contribution is -2.00. The minimum absolute atomic E-state index is 0.298. The van der Waals surface area contributed by atoms with Crippen molar-refractivity contribution in [1.29, 1.82) is 0 Å². The molecule has 0 saturated carbocycles. The molecule has 2 aromatic carbocycles. The van der Waals surface area contributed by atoms with Crippen molar-refractivity contribution in [3.05, 3.63) is 78.5 Å². The molecule has 1 heterocycles. The van der Waals surface area contributed by atoms with E-state index in [9.17, 15) is 9.90 Å². The fraction of sp³-hybridized carbons (Fsp3) is 0. The second kappa shape index (κ2) is 6.45. The van der Waals surface area contributed by atoms with E-state index in [2.05, 4.69) is 4.98 Å². The molecule has 0 aliphatic carbocycles. The SMILES string of the molecule is O=C(O)c1cccc(Sc2ccccn2)c1-c1ccccc1. The molecule has 0 aliphatic rings. The van der Waals surface area contributed by atoms with Crippen LogP contribution < -0.4 is 0 Å². The van der Waals surface area contributed by atoms with Crippen LogP contribution in [0.5, 0.6) is 0 Å². The van der Waals surface area contributed by atoms with E-state index in [0.717, 1.165) is 21.0 Å². The maximum Gasteiger partial charge on any atom is 0.336 e. The summed E-state index contributed by atoms with van der Waals surface area (Å²) in [5.41, 5.74) is 1.91. The molecule has 22 heavy (non-hydrogen) atoms. The molecule has 0 amide bonds. The van der Waals surface area contributed by atoms with Crippen molar-refractivity contribution in [3.63, 3.8) is 0 Å². The van der Waals surface area contributed by atoms with Crippen LogP contribution in [0.15, 0.2) is 82.8 Å². The van der Waals surface area contributed by atoms with Crippen LogP contribution in [0.4, 0.5) is 0 Å². The predicted molar refractivity (Wildman–Crippen MR) is 87.2 cm³/mol. The predicted octanol–water partition coefficient (Wildman–Crippen LogP) is 4.60. The van der Waals surface area contributed by atoms with Crippen LogP contribution in [0.25, 0.3) is 11.1 Å². The molecular weight excluding hydrogens is 294 g/mol. The quantitative estimate of drug-likeness (QED) is 0.765. The lowest BCUT2D eigenvalue weighted by Gasteiger charge is -2.12. The van der Waals surface area contributed by atoms with E-state index < -0.39 is 5.97 Å². The molecule has 0 spiro atoms. The van der Waals surface area contributed by atoms with Gasteiger partial charge in [0.2, 0.25) is 0 Å². The molecular formula is C18H13NO2S. The molecule has 4 heteroatoms. The van der Waals surface area contributed by atoms with Crippen molar-refractivity contribution >= 4 is 17.7 Å². The number of aromatic nitrogens is 1. The van der Waals surface area contributed by atoms with Gasteiger partial charge in [0.05, 0.1) is 5.56 Å². The molecule has 1 N–H and O–H groups in total. The van der Waals surface area contributed by atoms with E-state index in [0.29, 0.717) is 5.56 Å². The van der Waals surface area contributed by atoms with Gasteiger partial charge in [0, 0.05) is 16.7 Å². The standard InChI is InChI=1S/C18H13NO2S/c20-18(21)14-9-6-10-15(22-16-11-4-5-12-19-16)17(14)13-7-2-1-3-8-13/h1-12H,(H,20,21). The summed E-state index contributed by atoms with van der Waals surface area (Å²) in [5.74, 6) is -0.928. The highest BCUT2D eigenvalue weighted by molar-refractivity contribution is 7.99. The number of aromatic carboxylic acids is 1. The average molecular weight is 307 g/mol. The van der Waals surface area contributed by atoms with Crippen molar-refractivity contribution in [1.82, 2.24) is 4.98 Å². The highest BCUT2D eigenvalue weighted by Crippen LogP contribution is 2.37. The molecule has 1 aromatic heterocycles. The third kappa shape index (κ3) is 3.02. The molecule has 0 saturated heterocycles. The fourth-order valence-electron chi connectivity index (χ4n) is 2.22. The van der Waals surface area contributed by atoms with Crippen LogP contribution in [0.1, 0.15) is 10.4 Å². The molecule has 108 valence electrons. The van der Waals surface area contributed by atoms with Crippen LogP contribution in [0, 0.1) is 0 Å². The minimum Gasteiger partial charge on any atom is -0.478 e. The van der Waals surface area contributed by atoms with Gasteiger partial charge in [-0.15, -0.1) is 0 Å². The van der Waals surface area contributed by atoms with Crippen molar-refractivity contribution in [2.75, 3.05) is 0 Å². The summed E-state index contributed by atoms with van der Waals surface area (Å²) < 4.78 is 0. The fourth-order valence-corrected chi connectivity index (χ4v) is 3.18. The summed E-state index contributed by atoms with van der Waals surface area (Å²) in [4.78, 5) is 16.8. The number of benzene rings is 2. The van der Waals surface area contributed by atoms with Gasteiger partial charge < -0.3 is 5.11 Å². The van der Waals surface area contributed by atoms with Crippen LogP contribution >= 0.6 is 11.8 Å². The highest BCUT2D eigenvalue weighted by Gasteiger charge is 2.16. The summed E-state index contributed by atoms with van der Waals surface area (Å²) in [6, 6.07) is 20.6. The number of carboxylic acids is 1. The first kappa shape index (κ1) is 14.4. The van der Waals surface area contributed by atoms with Crippen LogP contribution in [-0.2, 0) is 0 Å². The number of carbonyl (C=O) groups is 1. The zero-order valence-electron chi connectivity index (χ0n) is 11.6. The third-order valence-corrected chi connectivity index (χ3v) is 4.18. The van der Waals surface area contributed by atoms with E-state index in [1.165, 1.54) is 11.8 Å². The van der Waals surface area contributed by atoms with Crippen molar-refractivity contribution < 1.29 is 9.90 Å². The van der Waals surface area contributed by atoms with E-state index >= 15 is 0 Å². The summed E-state index contributed by atoms with van der Waals surface area (Å²) in [5, 5.41) is 10.3. The van der Waals surface area contributed by atoms with Gasteiger partial charge >= 0.3 is 5.97 Å². The van der Waals surface area contributed by atoms with Crippen LogP contribution in [-0.4, -0.2) is 16.1 Å². The Balaban J connectivity index is 2.14. The van der Waals surface area contributed by atoms with Gasteiger partial charge in [-0.25, -0.2) is 9.78 Å². The zero-order valence-corrected chi connectivity index (χ0v) is 12.5. The monoisotopic (exact) mass is 307 g/mol. The first-order chi connectivity index (χ1) is 10.8. The molecule has 0 fully saturated rings. The Kier molecular flexibility index (Phi) is 4.21. The Morgan fingerprint density at radius 2 is 1.68 bits per heavy atom. The Bertz CT molecular complexity index is 789. The Hall–Kier alpha value is -2.59. The van der Waals surface area contributed by atoms with Crippen molar-refractivity contribution in [2.24, 2.45) is 0 Å². The lowest BCUT2D eigenvalue weighted by atomic mass is 10.00. The maximum atomic E-state index is 11.6. The summed E-state index contributed by atoms with van der Waals surface area (Å²) in [6.45, 7) is 0. The summed E-state index contributed by atoms with van der Waals surface area (Å²) in [7, 11) is 0. The molecule has 3 nitrogen and oxygen atoms in total. The number of pyridine rings is 1. The molecule has 0 aliphatic heterocycles. The number of hydrogen-bond donors (Lipinski definition) is 1. The molecule has 3 aromatic rings. The topological polar surface area (TPSA) is 50.2 Å². The minimum atomic E-state index is -0.928. The largest absolute Gasteiger partial charge is 0.478 e. The molecule has 0 atom stereocenters. The van der Waals surface area contributed by atoms with Crippen molar-refractivity contribution in [3.8, 4) is 11.1 Å². The summed E-state index contributed by atoms with van der Waals surface area (Å²) >= 11 is 1.47. The first-order valence-electron chi connectivity index (χ1n) is 6.76. The molecule has 0 bridgehead atoms. The Labute approximate surface area is 132 Å². The first-order valence-corrected chi connectivity index (χ1v) is 7.58. The maximum absolute atomic E-state index is 11.6. The Morgan fingerprint density at radius 3 is 2.36 bits per heavy atom. The van der Waals surface area contributed by atoms with E-state index in [-0.39, 0.29) is 0 Å².